The molecule has 29 heavy (non-hydrogen) atoms. The van der Waals surface area contributed by atoms with Crippen molar-refractivity contribution in [2.45, 2.75) is 19.5 Å². The molecule has 9 nitrogen and oxygen atoms in total. The summed E-state index contributed by atoms with van der Waals surface area (Å²) in [5.74, 6) is 0.273. The maximum absolute atomic E-state index is 12.6. The molecule has 2 heterocycles. The molecule has 0 aliphatic heterocycles. The van der Waals surface area contributed by atoms with Crippen LogP contribution in [-0.4, -0.2) is 43.8 Å². The monoisotopic (exact) mass is 392 g/mol. The number of fused-ring (bicyclic) bond motifs is 2. The summed E-state index contributed by atoms with van der Waals surface area (Å²) in [7, 11) is 1.78. The number of carbonyl (C=O) groups is 1. The SMILES string of the molecule is C[C@@H](C(=O)Nc1ccc2[nH]c(=O)[nH]c2c1)N(C)Cc1nc2ccccc2c(=O)[nH]1. The highest BCUT2D eigenvalue weighted by Gasteiger charge is 2.19. The van der Waals surface area contributed by atoms with Gasteiger partial charge in [-0.05, 0) is 44.3 Å². The summed E-state index contributed by atoms with van der Waals surface area (Å²) in [5.41, 5.74) is 1.98. The standard InChI is InChI=1S/C20H20N6O3/c1-11(18(27)21-12-7-8-15-16(9-12)24-20(29)23-15)26(2)10-17-22-14-6-4-3-5-13(14)19(28)25-17/h3-9,11H,10H2,1-2H3,(H,21,27)(H,22,25,28)(H2,23,24,29)/t11-/m0/s1. The van der Waals surface area contributed by atoms with Gasteiger partial charge >= 0.3 is 5.69 Å². The Balaban J connectivity index is 1.47. The Hall–Kier alpha value is -3.72. The number of nitrogens with one attached hydrogen (secondary N) is 4. The molecule has 4 rings (SSSR count). The van der Waals surface area contributed by atoms with Crippen molar-refractivity contribution < 1.29 is 4.79 Å². The molecule has 0 aliphatic rings. The van der Waals surface area contributed by atoms with Gasteiger partial charge in [-0.1, -0.05) is 12.1 Å². The molecule has 0 unspecified atom stereocenters. The summed E-state index contributed by atoms with van der Waals surface area (Å²) in [6.45, 7) is 2.07. The maximum atomic E-state index is 12.6. The number of amides is 1. The number of aromatic amines is 3. The van der Waals surface area contributed by atoms with Gasteiger partial charge in [0.15, 0.2) is 0 Å². The van der Waals surface area contributed by atoms with Crippen LogP contribution in [0.25, 0.3) is 21.9 Å². The van der Waals surface area contributed by atoms with Gasteiger partial charge in [-0.25, -0.2) is 9.78 Å². The molecule has 0 saturated carbocycles. The average Bonchev–Trinajstić information content (AvgIpc) is 3.06. The minimum absolute atomic E-state index is 0.204. The number of rotatable bonds is 5. The quantitative estimate of drug-likeness (QED) is 0.410. The molecule has 2 aromatic heterocycles. The summed E-state index contributed by atoms with van der Waals surface area (Å²) in [6.07, 6.45) is 0. The predicted octanol–water partition coefficient (Wildman–Crippen LogP) is 1.55. The van der Waals surface area contributed by atoms with E-state index in [-0.39, 0.29) is 17.2 Å². The molecule has 9 heteroatoms. The molecule has 1 atom stereocenters. The highest BCUT2D eigenvalue weighted by molar-refractivity contribution is 5.96. The highest BCUT2D eigenvalue weighted by Crippen LogP contribution is 2.15. The number of nitrogens with zero attached hydrogens (tertiary/aromatic N) is 2. The van der Waals surface area contributed by atoms with Gasteiger partial charge < -0.3 is 20.3 Å². The smallest absolute Gasteiger partial charge is 0.323 e. The second-order valence-corrected chi connectivity index (χ2v) is 6.95. The Morgan fingerprint density at radius 1 is 1.10 bits per heavy atom. The molecule has 0 bridgehead atoms. The van der Waals surface area contributed by atoms with E-state index in [0.29, 0.717) is 40.0 Å². The van der Waals surface area contributed by atoms with E-state index in [1.165, 1.54) is 0 Å². The van der Waals surface area contributed by atoms with Crippen molar-refractivity contribution >= 4 is 33.5 Å². The van der Waals surface area contributed by atoms with E-state index in [4.69, 9.17) is 0 Å². The average molecular weight is 392 g/mol. The lowest BCUT2D eigenvalue weighted by molar-refractivity contribution is -0.120. The van der Waals surface area contributed by atoms with E-state index in [1.54, 1.807) is 55.3 Å². The van der Waals surface area contributed by atoms with E-state index in [9.17, 15) is 14.4 Å². The van der Waals surface area contributed by atoms with E-state index in [2.05, 4.69) is 25.3 Å². The van der Waals surface area contributed by atoms with Gasteiger partial charge in [0.05, 0.1) is 34.5 Å². The largest absolute Gasteiger partial charge is 0.325 e. The topological polar surface area (TPSA) is 127 Å². The molecular formula is C20H20N6O3. The van der Waals surface area contributed by atoms with Gasteiger partial charge in [-0.2, -0.15) is 0 Å². The minimum atomic E-state index is -0.479. The number of H-pyrrole nitrogens is 3. The number of aromatic nitrogens is 4. The first-order valence-corrected chi connectivity index (χ1v) is 9.12. The van der Waals surface area contributed by atoms with Crippen LogP contribution in [0.15, 0.2) is 52.1 Å². The lowest BCUT2D eigenvalue weighted by Crippen LogP contribution is -2.39. The predicted molar refractivity (Wildman–Crippen MR) is 111 cm³/mol. The van der Waals surface area contributed by atoms with Crippen LogP contribution in [-0.2, 0) is 11.3 Å². The van der Waals surface area contributed by atoms with Crippen molar-refractivity contribution in [3.05, 3.63) is 69.1 Å². The fraction of sp³-hybridized carbons (Fsp3) is 0.200. The Bertz CT molecular complexity index is 1320. The van der Waals surface area contributed by atoms with Crippen molar-refractivity contribution in [2.75, 3.05) is 12.4 Å². The summed E-state index contributed by atoms with van der Waals surface area (Å²) < 4.78 is 0. The number of benzene rings is 2. The number of imidazole rings is 1. The van der Waals surface area contributed by atoms with Gasteiger partial charge in [0.2, 0.25) is 5.91 Å². The third-order valence-electron chi connectivity index (χ3n) is 4.89. The zero-order valence-electron chi connectivity index (χ0n) is 15.9. The van der Waals surface area contributed by atoms with E-state index in [0.717, 1.165) is 0 Å². The van der Waals surface area contributed by atoms with Gasteiger partial charge in [0, 0.05) is 5.69 Å². The summed E-state index contributed by atoms with van der Waals surface area (Å²) in [6, 6.07) is 11.8. The van der Waals surface area contributed by atoms with Crippen molar-refractivity contribution in [3.63, 3.8) is 0 Å². The first kappa shape index (κ1) is 18.6. The van der Waals surface area contributed by atoms with Crippen LogP contribution in [0.2, 0.25) is 0 Å². The summed E-state index contributed by atoms with van der Waals surface area (Å²) >= 11 is 0. The third kappa shape index (κ3) is 3.81. The second kappa shape index (κ2) is 7.36. The van der Waals surface area contributed by atoms with Crippen LogP contribution in [0.5, 0.6) is 0 Å². The van der Waals surface area contributed by atoms with Crippen molar-refractivity contribution in [2.24, 2.45) is 0 Å². The Kier molecular flexibility index (Phi) is 4.73. The molecule has 0 radical (unpaired) electrons. The van der Waals surface area contributed by atoms with E-state index < -0.39 is 6.04 Å². The third-order valence-corrected chi connectivity index (χ3v) is 4.89. The van der Waals surface area contributed by atoms with Crippen LogP contribution in [0.4, 0.5) is 5.69 Å². The number of hydrogen-bond donors (Lipinski definition) is 4. The van der Waals surface area contributed by atoms with Crippen LogP contribution < -0.4 is 16.6 Å². The van der Waals surface area contributed by atoms with Crippen LogP contribution in [0.1, 0.15) is 12.7 Å². The number of para-hydroxylation sites is 1. The molecule has 2 aromatic carbocycles. The molecular weight excluding hydrogens is 372 g/mol. The number of anilines is 1. The molecule has 0 saturated heterocycles. The molecule has 4 aromatic rings. The Labute approximate surface area is 164 Å². The fourth-order valence-corrected chi connectivity index (χ4v) is 3.14. The van der Waals surface area contributed by atoms with Gasteiger partial charge in [-0.15, -0.1) is 0 Å². The van der Waals surface area contributed by atoms with Crippen molar-refractivity contribution in [3.8, 4) is 0 Å². The number of carbonyl (C=O) groups excluding carboxylic acids is 1. The maximum Gasteiger partial charge on any atom is 0.323 e. The van der Waals surface area contributed by atoms with Crippen molar-refractivity contribution in [1.82, 2.24) is 24.8 Å². The Morgan fingerprint density at radius 2 is 1.86 bits per heavy atom. The van der Waals surface area contributed by atoms with E-state index in [1.807, 2.05) is 6.07 Å². The lowest BCUT2D eigenvalue weighted by atomic mass is 10.2. The highest BCUT2D eigenvalue weighted by atomic mass is 16.2. The van der Waals surface area contributed by atoms with Crippen LogP contribution >= 0.6 is 0 Å². The van der Waals surface area contributed by atoms with Crippen molar-refractivity contribution in [1.29, 1.82) is 0 Å². The number of hydrogen-bond acceptors (Lipinski definition) is 5. The van der Waals surface area contributed by atoms with Gasteiger partial charge in [0.25, 0.3) is 5.56 Å². The first-order chi connectivity index (χ1) is 13.9. The fourth-order valence-electron chi connectivity index (χ4n) is 3.14. The normalized spacial score (nSPS) is 12.5. The molecule has 0 spiro atoms. The summed E-state index contributed by atoms with van der Waals surface area (Å²) in [5, 5.41) is 3.37. The van der Waals surface area contributed by atoms with E-state index >= 15 is 0 Å². The Morgan fingerprint density at radius 3 is 2.69 bits per heavy atom. The molecule has 1 amide bonds. The zero-order valence-corrected chi connectivity index (χ0v) is 15.9. The van der Waals surface area contributed by atoms with Crippen LogP contribution in [0.3, 0.4) is 0 Å². The molecule has 4 N–H and O–H groups in total. The van der Waals surface area contributed by atoms with Gasteiger partial charge in [-0.3, -0.25) is 14.5 Å². The second-order valence-electron chi connectivity index (χ2n) is 6.95. The summed E-state index contributed by atoms with van der Waals surface area (Å²) in [4.78, 5) is 50.6. The number of likely N-dealkylation sites (N-methyl/N-ethyl adjacent to an activating group) is 1. The van der Waals surface area contributed by atoms with Gasteiger partial charge in [0.1, 0.15) is 5.82 Å². The first-order valence-electron chi connectivity index (χ1n) is 9.12. The van der Waals surface area contributed by atoms with Crippen LogP contribution in [0, 0.1) is 0 Å². The molecule has 0 fully saturated rings. The zero-order chi connectivity index (χ0) is 20.5. The minimum Gasteiger partial charge on any atom is -0.325 e. The molecule has 0 aliphatic carbocycles. The lowest BCUT2D eigenvalue weighted by Gasteiger charge is -2.23. The molecule has 148 valence electrons.